The average Bonchev–Trinajstić information content (AvgIpc) is 3.58. The van der Waals surface area contributed by atoms with Gasteiger partial charge in [-0.1, -0.05) is 0 Å². The first-order valence-corrected chi connectivity index (χ1v) is 10.7. The minimum atomic E-state index is -5.04. The monoisotopic (exact) mass is 496 g/mol. The molecule has 184 valence electrons. The fourth-order valence-electron chi connectivity index (χ4n) is 4.33. The molecule has 36 heavy (non-hydrogen) atoms. The van der Waals surface area contributed by atoms with Gasteiger partial charge in [0.1, 0.15) is 12.4 Å². The first-order valence-electron chi connectivity index (χ1n) is 10.7. The second kappa shape index (κ2) is 8.39. The van der Waals surface area contributed by atoms with E-state index >= 15 is 13.2 Å². The number of hydrogen-bond acceptors (Lipinski definition) is 7. The molecule has 0 fully saturated rings. The number of halogens is 3. The maximum absolute atomic E-state index is 15.4. The lowest BCUT2D eigenvalue weighted by Crippen LogP contribution is -2.47. The Morgan fingerprint density at radius 2 is 1.94 bits per heavy atom. The molecule has 2 aromatic carbocycles. The molecule has 3 heterocycles. The molecule has 12 heteroatoms. The lowest BCUT2D eigenvalue weighted by molar-refractivity contribution is -0.274. The van der Waals surface area contributed by atoms with Crippen LogP contribution in [0.2, 0.25) is 0 Å². The summed E-state index contributed by atoms with van der Waals surface area (Å²) in [7, 11) is 1.29. The molecule has 0 aliphatic carbocycles. The zero-order valence-corrected chi connectivity index (χ0v) is 19.3. The summed E-state index contributed by atoms with van der Waals surface area (Å²) in [6.07, 6.45) is -3.50. The lowest BCUT2D eigenvalue weighted by atomic mass is 9.87. The van der Waals surface area contributed by atoms with Gasteiger partial charge in [0.05, 0.1) is 35.3 Å². The van der Waals surface area contributed by atoms with Gasteiger partial charge >= 0.3 is 6.18 Å². The number of fused-ring (bicyclic) bond motifs is 2. The molecule has 1 unspecified atom stereocenters. The molecule has 5 rings (SSSR count). The van der Waals surface area contributed by atoms with Crippen molar-refractivity contribution >= 4 is 21.9 Å². The molecule has 3 aromatic heterocycles. The van der Waals surface area contributed by atoms with E-state index in [2.05, 4.69) is 25.1 Å². The van der Waals surface area contributed by atoms with Crippen molar-refractivity contribution in [1.29, 1.82) is 5.26 Å². The van der Waals surface area contributed by atoms with Crippen molar-refractivity contribution in [1.82, 2.24) is 25.1 Å². The van der Waals surface area contributed by atoms with Gasteiger partial charge in [0.2, 0.25) is 11.8 Å². The Balaban J connectivity index is 1.85. The summed E-state index contributed by atoms with van der Waals surface area (Å²) in [4.78, 5) is 10.0. The summed E-state index contributed by atoms with van der Waals surface area (Å²) in [6.45, 7) is 2.61. The zero-order chi connectivity index (χ0) is 25.7. The summed E-state index contributed by atoms with van der Waals surface area (Å²) in [5.74, 6) is -0.543. The molecule has 9 nitrogen and oxygen atoms in total. The first-order chi connectivity index (χ1) is 17.2. The van der Waals surface area contributed by atoms with Crippen molar-refractivity contribution < 1.29 is 27.1 Å². The van der Waals surface area contributed by atoms with E-state index < -0.39 is 24.2 Å². The highest BCUT2D eigenvalue weighted by Crippen LogP contribution is 2.52. The number of nitrogens with zero attached hydrogens (tertiary/aromatic N) is 4. The van der Waals surface area contributed by atoms with E-state index in [1.165, 1.54) is 44.4 Å². The van der Waals surface area contributed by atoms with Gasteiger partial charge in [-0.25, -0.2) is 4.98 Å². The van der Waals surface area contributed by atoms with Crippen molar-refractivity contribution in [2.45, 2.75) is 32.2 Å². The maximum atomic E-state index is 15.4. The maximum Gasteiger partial charge on any atom is 0.429 e. The van der Waals surface area contributed by atoms with Crippen LogP contribution >= 0.6 is 0 Å². The van der Waals surface area contributed by atoms with E-state index in [1.54, 1.807) is 13.1 Å². The molecular weight excluding hydrogens is 477 g/mol. The molecule has 0 spiro atoms. The Morgan fingerprint density at radius 3 is 2.61 bits per heavy atom. The van der Waals surface area contributed by atoms with Gasteiger partial charge in [-0.05, 0) is 42.8 Å². The Kier molecular flexibility index (Phi) is 5.44. The van der Waals surface area contributed by atoms with Crippen LogP contribution < -0.4 is 4.74 Å². The minimum absolute atomic E-state index is 0.0446. The first kappa shape index (κ1) is 23.4. The standard InChI is InChI=1S/C24H19F3N6O3/c1-12-8-18(34-3)20(15-6-7-29-21(12)15)23(24(25,26)27,35-11-19-33-32-13(2)36-19)22-30-16-5-4-14(10-28)9-17(16)31-22/h4-9,29H,11H2,1-3H3,(H,30,31). The van der Waals surface area contributed by atoms with Crippen LogP contribution in [0, 0.1) is 25.2 Å². The van der Waals surface area contributed by atoms with Crippen molar-refractivity contribution in [3.8, 4) is 11.8 Å². The topological polar surface area (TPSA) is 126 Å². The normalized spacial score (nSPS) is 13.7. The number of methoxy groups -OCH3 is 1. The Labute approximate surface area is 201 Å². The van der Waals surface area contributed by atoms with E-state index in [1.807, 2.05) is 6.07 Å². The number of imidazole rings is 1. The highest BCUT2D eigenvalue weighted by Gasteiger charge is 2.63. The van der Waals surface area contributed by atoms with Crippen molar-refractivity contribution in [2.75, 3.05) is 7.11 Å². The number of rotatable bonds is 6. The zero-order valence-electron chi connectivity index (χ0n) is 19.3. The molecule has 0 amide bonds. The Hall–Kier alpha value is -4.37. The average molecular weight is 496 g/mol. The van der Waals surface area contributed by atoms with Gasteiger partial charge in [-0.3, -0.25) is 0 Å². The van der Waals surface area contributed by atoms with Crippen molar-refractivity contribution in [3.63, 3.8) is 0 Å². The minimum Gasteiger partial charge on any atom is -0.496 e. The molecule has 0 aliphatic rings. The number of nitrogens with one attached hydrogen (secondary N) is 2. The number of benzene rings is 2. The third-order valence-electron chi connectivity index (χ3n) is 5.90. The molecule has 0 aliphatic heterocycles. The van der Waals surface area contributed by atoms with Crippen LogP contribution in [0.25, 0.3) is 21.9 Å². The van der Waals surface area contributed by atoms with Crippen molar-refractivity contribution in [3.05, 3.63) is 70.8 Å². The molecule has 5 aromatic rings. The van der Waals surface area contributed by atoms with Gasteiger partial charge < -0.3 is 23.9 Å². The van der Waals surface area contributed by atoms with Gasteiger partial charge in [0.15, 0.2) is 5.82 Å². The Bertz CT molecular complexity index is 1630. The second-order valence-electron chi connectivity index (χ2n) is 8.15. The predicted octanol–water partition coefficient (Wildman–Crippen LogP) is 4.95. The highest BCUT2D eigenvalue weighted by molar-refractivity contribution is 5.90. The summed E-state index contributed by atoms with van der Waals surface area (Å²) in [6, 6.07) is 9.37. The largest absolute Gasteiger partial charge is 0.496 e. The number of aryl methyl sites for hydroxylation is 2. The van der Waals surface area contributed by atoms with E-state index in [-0.39, 0.29) is 39.6 Å². The number of H-pyrrole nitrogens is 2. The summed E-state index contributed by atoms with van der Waals surface area (Å²) >= 11 is 0. The fourth-order valence-corrected chi connectivity index (χ4v) is 4.33. The van der Waals surface area contributed by atoms with Gasteiger partial charge in [-0.2, -0.15) is 18.4 Å². The molecule has 2 N–H and O–H groups in total. The third-order valence-corrected chi connectivity index (χ3v) is 5.90. The van der Waals surface area contributed by atoms with Crippen LogP contribution in [0.4, 0.5) is 13.2 Å². The fraction of sp³-hybridized carbons (Fsp3) is 0.250. The SMILES string of the molecule is COc1cc(C)c2[nH]ccc2c1C(OCc1nnc(C)o1)(c1nc2cc(C#N)ccc2[nH]1)C(F)(F)F. The van der Waals surface area contributed by atoms with Crippen LogP contribution in [0.3, 0.4) is 0 Å². The highest BCUT2D eigenvalue weighted by atomic mass is 19.4. The lowest BCUT2D eigenvalue weighted by Gasteiger charge is -2.35. The third kappa shape index (κ3) is 3.56. The van der Waals surface area contributed by atoms with Crippen LogP contribution in [-0.2, 0) is 16.9 Å². The molecule has 0 saturated carbocycles. The van der Waals surface area contributed by atoms with Crippen LogP contribution in [0.1, 0.15) is 34.3 Å². The summed E-state index contributed by atoms with van der Waals surface area (Å²) in [5, 5.41) is 16.9. The molecule has 1 atom stereocenters. The summed E-state index contributed by atoms with van der Waals surface area (Å²) < 4.78 is 62.7. The van der Waals surface area contributed by atoms with Gasteiger partial charge in [0, 0.05) is 24.0 Å². The van der Waals surface area contributed by atoms with Crippen LogP contribution in [0.5, 0.6) is 5.75 Å². The summed E-state index contributed by atoms with van der Waals surface area (Å²) in [5.41, 5.74) is -1.54. The van der Waals surface area contributed by atoms with E-state index in [4.69, 9.17) is 13.9 Å². The van der Waals surface area contributed by atoms with E-state index in [9.17, 15) is 5.26 Å². The van der Waals surface area contributed by atoms with Crippen molar-refractivity contribution in [2.24, 2.45) is 0 Å². The number of alkyl halides is 3. The van der Waals surface area contributed by atoms with Crippen LogP contribution in [-0.4, -0.2) is 38.4 Å². The molecule has 0 radical (unpaired) electrons. The smallest absolute Gasteiger partial charge is 0.429 e. The quantitative estimate of drug-likeness (QED) is 0.341. The van der Waals surface area contributed by atoms with Gasteiger partial charge in [-0.15, -0.1) is 10.2 Å². The van der Waals surface area contributed by atoms with E-state index in [0.29, 0.717) is 16.6 Å². The Morgan fingerprint density at radius 1 is 1.14 bits per heavy atom. The molecular formula is C24H19F3N6O3. The number of aromatic amines is 2. The molecule has 0 bridgehead atoms. The second-order valence-corrected chi connectivity index (χ2v) is 8.15. The predicted molar refractivity (Wildman–Crippen MR) is 121 cm³/mol. The number of hydrogen-bond donors (Lipinski definition) is 2. The number of aromatic nitrogens is 5. The van der Waals surface area contributed by atoms with E-state index in [0.717, 1.165) is 0 Å². The number of nitriles is 1. The van der Waals surface area contributed by atoms with Crippen LogP contribution in [0.15, 0.2) is 40.9 Å². The number of ether oxygens (including phenoxy) is 2. The molecule has 0 saturated heterocycles. The van der Waals surface area contributed by atoms with Gasteiger partial charge in [0.25, 0.3) is 5.60 Å².